The minimum atomic E-state index is 0.532. The number of amidine groups is 1. The molecule has 0 unspecified atom stereocenters. The summed E-state index contributed by atoms with van der Waals surface area (Å²) in [7, 11) is 0. The summed E-state index contributed by atoms with van der Waals surface area (Å²) in [5.41, 5.74) is 7.77. The first-order valence-electron chi connectivity index (χ1n) is 5.71. The first kappa shape index (κ1) is 10.6. The van der Waals surface area contributed by atoms with E-state index in [2.05, 4.69) is 20.1 Å². The molecule has 0 saturated heterocycles. The van der Waals surface area contributed by atoms with Gasteiger partial charge in [0.15, 0.2) is 0 Å². The van der Waals surface area contributed by atoms with E-state index in [0.29, 0.717) is 5.82 Å². The maximum Gasteiger partial charge on any atom is 0.145 e. The Balaban J connectivity index is 2.04. The number of hydrogen-bond acceptors (Lipinski definition) is 4. The molecule has 0 aliphatic carbocycles. The second-order valence-corrected chi connectivity index (χ2v) is 3.98. The molecular formula is C13H13N5. The molecule has 0 bridgehead atoms. The predicted octanol–water partition coefficient (Wildman–Crippen LogP) is 1.77. The van der Waals surface area contributed by atoms with Crippen LogP contribution in [0.15, 0.2) is 53.8 Å². The molecule has 1 aromatic carbocycles. The van der Waals surface area contributed by atoms with Crippen LogP contribution in [0.2, 0.25) is 0 Å². The van der Waals surface area contributed by atoms with Crippen molar-refractivity contribution in [2.75, 3.05) is 17.2 Å². The third kappa shape index (κ3) is 1.75. The maximum atomic E-state index is 5.86. The van der Waals surface area contributed by atoms with Crippen molar-refractivity contribution in [2.24, 2.45) is 4.99 Å². The topological polar surface area (TPSA) is 70.3 Å². The normalized spacial score (nSPS) is 14.7. The van der Waals surface area contributed by atoms with Crippen LogP contribution in [0, 0.1) is 0 Å². The number of benzene rings is 1. The number of rotatable bonds is 2. The van der Waals surface area contributed by atoms with Crippen LogP contribution in [0.25, 0.3) is 0 Å². The molecule has 0 amide bonds. The Hall–Kier alpha value is -2.56. The number of aliphatic imine (C=N–C) groups is 1. The van der Waals surface area contributed by atoms with Crippen LogP contribution in [0.1, 0.15) is 5.56 Å². The zero-order valence-corrected chi connectivity index (χ0v) is 9.74. The van der Waals surface area contributed by atoms with Crippen molar-refractivity contribution >= 4 is 17.3 Å². The van der Waals surface area contributed by atoms with Crippen LogP contribution in [0.4, 0.5) is 11.5 Å². The predicted molar refractivity (Wildman–Crippen MR) is 72.5 cm³/mol. The molecule has 2 heterocycles. The van der Waals surface area contributed by atoms with Crippen molar-refractivity contribution in [3.63, 3.8) is 0 Å². The summed E-state index contributed by atoms with van der Waals surface area (Å²) >= 11 is 0. The standard InChI is InChI=1S/C13H13N5/c14-12-11(9-16-17-12)13-15-7-4-8-18(13)10-5-2-1-3-6-10/h1-7,9H,8H2,(H3,14,16,17). The summed E-state index contributed by atoms with van der Waals surface area (Å²) in [6.07, 6.45) is 5.50. The van der Waals surface area contributed by atoms with E-state index in [1.54, 1.807) is 12.4 Å². The Morgan fingerprint density at radius 1 is 1.22 bits per heavy atom. The maximum absolute atomic E-state index is 5.86. The Labute approximate surface area is 105 Å². The average molecular weight is 239 g/mol. The highest BCUT2D eigenvalue weighted by Gasteiger charge is 2.19. The van der Waals surface area contributed by atoms with E-state index in [-0.39, 0.29) is 0 Å². The minimum Gasteiger partial charge on any atom is -0.383 e. The van der Waals surface area contributed by atoms with E-state index >= 15 is 0 Å². The van der Waals surface area contributed by atoms with Crippen molar-refractivity contribution in [3.8, 4) is 0 Å². The zero-order valence-electron chi connectivity index (χ0n) is 9.74. The highest BCUT2D eigenvalue weighted by atomic mass is 15.2. The number of nitrogens with one attached hydrogen (secondary N) is 1. The van der Waals surface area contributed by atoms with Crippen LogP contribution >= 0.6 is 0 Å². The van der Waals surface area contributed by atoms with Gasteiger partial charge < -0.3 is 10.6 Å². The lowest BCUT2D eigenvalue weighted by Crippen LogP contribution is -2.33. The number of anilines is 2. The Morgan fingerprint density at radius 3 is 2.78 bits per heavy atom. The van der Waals surface area contributed by atoms with Crippen LogP contribution in [-0.2, 0) is 0 Å². The number of aromatic amines is 1. The molecule has 0 saturated carbocycles. The number of H-pyrrole nitrogens is 1. The second kappa shape index (κ2) is 4.37. The molecule has 1 aromatic heterocycles. The van der Waals surface area contributed by atoms with Crippen molar-refractivity contribution in [2.45, 2.75) is 0 Å². The number of nitrogens with two attached hydrogens (primary N) is 1. The fraction of sp³-hybridized carbons (Fsp3) is 0.0769. The SMILES string of the molecule is Nc1[nH]ncc1C1=NC=CCN1c1ccccc1. The molecule has 0 spiro atoms. The van der Waals surface area contributed by atoms with E-state index in [1.165, 1.54) is 0 Å². The number of nitrogen functional groups attached to an aromatic ring is 1. The van der Waals surface area contributed by atoms with Crippen LogP contribution in [0.3, 0.4) is 0 Å². The number of aromatic nitrogens is 2. The van der Waals surface area contributed by atoms with E-state index in [0.717, 1.165) is 23.6 Å². The minimum absolute atomic E-state index is 0.532. The molecule has 5 heteroatoms. The van der Waals surface area contributed by atoms with Crippen molar-refractivity contribution in [1.82, 2.24) is 10.2 Å². The first-order valence-corrected chi connectivity index (χ1v) is 5.71. The van der Waals surface area contributed by atoms with Gasteiger partial charge in [-0.2, -0.15) is 5.10 Å². The van der Waals surface area contributed by atoms with Gasteiger partial charge in [-0.3, -0.25) is 5.10 Å². The molecule has 0 atom stereocenters. The molecule has 3 N–H and O–H groups in total. The summed E-state index contributed by atoms with van der Waals surface area (Å²) in [5, 5.41) is 6.68. The summed E-state index contributed by atoms with van der Waals surface area (Å²) in [4.78, 5) is 6.51. The molecule has 18 heavy (non-hydrogen) atoms. The third-order valence-electron chi connectivity index (χ3n) is 2.82. The lowest BCUT2D eigenvalue weighted by Gasteiger charge is -2.26. The molecule has 5 nitrogen and oxygen atoms in total. The first-order chi connectivity index (χ1) is 8.86. The van der Waals surface area contributed by atoms with Gasteiger partial charge in [-0.15, -0.1) is 0 Å². The van der Waals surface area contributed by atoms with Crippen LogP contribution < -0.4 is 10.6 Å². The van der Waals surface area contributed by atoms with Gasteiger partial charge in [-0.05, 0) is 18.2 Å². The lowest BCUT2D eigenvalue weighted by atomic mass is 10.2. The molecule has 3 rings (SSSR count). The van der Waals surface area contributed by atoms with Gasteiger partial charge in [0.05, 0.1) is 11.8 Å². The highest BCUT2D eigenvalue weighted by molar-refractivity contribution is 6.13. The van der Waals surface area contributed by atoms with Crippen molar-refractivity contribution in [3.05, 3.63) is 54.4 Å². The summed E-state index contributed by atoms with van der Waals surface area (Å²) in [6.45, 7) is 0.771. The van der Waals surface area contributed by atoms with E-state index in [4.69, 9.17) is 5.73 Å². The van der Waals surface area contributed by atoms with Gasteiger partial charge in [0.2, 0.25) is 0 Å². The van der Waals surface area contributed by atoms with Crippen LogP contribution in [-0.4, -0.2) is 22.6 Å². The lowest BCUT2D eigenvalue weighted by molar-refractivity contribution is 1.10. The fourth-order valence-electron chi connectivity index (χ4n) is 1.96. The Morgan fingerprint density at radius 2 is 2.06 bits per heavy atom. The number of nitrogens with zero attached hydrogens (tertiary/aromatic N) is 3. The van der Waals surface area contributed by atoms with Gasteiger partial charge >= 0.3 is 0 Å². The average Bonchev–Trinajstić information content (AvgIpc) is 2.86. The quantitative estimate of drug-likeness (QED) is 0.839. The number of hydrogen-bond donors (Lipinski definition) is 2. The monoisotopic (exact) mass is 239 g/mol. The Bertz CT molecular complexity index is 597. The summed E-state index contributed by atoms with van der Waals surface area (Å²) in [5.74, 6) is 1.35. The van der Waals surface area contributed by atoms with Crippen molar-refractivity contribution < 1.29 is 0 Å². The van der Waals surface area contributed by atoms with Gasteiger partial charge in [-0.25, -0.2) is 4.99 Å². The molecule has 0 radical (unpaired) electrons. The van der Waals surface area contributed by atoms with E-state index in [9.17, 15) is 0 Å². The van der Waals surface area contributed by atoms with E-state index in [1.807, 2.05) is 36.4 Å². The second-order valence-electron chi connectivity index (χ2n) is 3.98. The van der Waals surface area contributed by atoms with Gasteiger partial charge in [0, 0.05) is 18.4 Å². The van der Waals surface area contributed by atoms with Gasteiger partial charge in [0.1, 0.15) is 11.7 Å². The zero-order chi connectivity index (χ0) is 12.4. The summed E-state index contributed by atoms with van der Waals surface area (Å²) < 4.78 is 0. The molecule has 0 fully saturated rings. The van der Waals surface area contributed by atoms with Gasteiger partial charge in [0.25, 0.3) is 0 Å². The molecule has 1 aliphatic heterocycles. The smallest absolute Gasteiger partial charge is 0.145 e. The van der Waals surface area contributed by atoms with Crippen LogP contribution in [0.5, 0.6) is 0 Å². The van der Waals surface area contributed by atoms with Gasteiger partial charge in [-0.1, -0.05) is 18.2 Å². The molecule has 1 aliphatic rings. The fourth-order valence-corrected chi connectivity index (χ4v) is 1.96. The largest absolute Gasteiger partial charge is 0.383 e. The third-order valence-corrected chi connectivity index (χ3v) is 2.82. The number of para-hydroxylation sites is 1. The molecular weight excluding hydrogens is 226 g/mol. The molecule has 2 aromatic rings. The highest BCUT2D eigenvalue weighted by Crippen LogP contribution is 2.21. The molecule has 90 valence electrons. The van der Waals surface area contributed by atoms with Crippen molar-refractivity contribution in [1.29, 1.82) is 0 Å². The van der Waals surface area contributed by atoms with E-state index < -0.39 is 0 Å². The Kier molecular flexibility index (Phi) is 2.57. The summed E-state index contributed by atoms with van der Waals surface area (Å²) in [6, 6.07) is 10.1.